The number of carbonyl (C=O) groups excluding carboxylic acids is 2. The Morgan fingerprint density at radius 1 is 1.11 bits per heavy atom. The molecule has 0 atom stereocenters. The zero-order chi connectivity index (χ0) is 20.4. The van der Waals surface area contributed by atoms with Crippen molar-refractivity contribution < 1.29 is 14.0 Å². The molecule has 0 spiro atoms. The van der Waals surface area contributed by atoms with Crippen molar-refractivity contribution in [1.29, 1.82) is 0 Å². The number of piperidine rings is 1. The van der Waals surface area contributed by atoms with Crippen molar-refractivity contribution in [2.75, 3.05) is 32.5 Å². The molecule has 2 aromatic rings. The van der Waals surface area contributed by atoms with Crippen LogP contribution in [0.3, 0.4) is 0 Å². The van der Waals surface area contributed by atoms with Crippen molar-refractivity contribution in [3.8, 4) is 0 Å². The summed E-state index contributed by atoms with van der Waals surface area (Å²) in [7, 11) is 3.39. The molecule has 2 heterocycles. The lowest BCUT2D eigenvalue weighted by Crippen LogP contribution is -2.40. The van der Waals surface area contributed by atoms with Gasteiger partial charge in [0.2, 0.25) is 0 Å². The van der Waals surface area contributed by atoms with E-state index in [0.29, 0.717) is 30.4 Å². The molecule has 0 radical (unpaired) electrons. The molecule has 1 aliphatic heterocycles. The zero-order valence-electron chi connectivity index (χ0n) is 17.2. The highest BCUT2D eigenvalue weighted by Crippen LogP contribution is 2.29. The Kier molecular flexibility index (Phi) is 5.72. The molecule has 1 N–H and O–H groups in total. The number of oxazole rings is 1. The van der Waals surface area contributed by atoms with E-state index in [0.717, 1.165) is 29.7 Å². The monoisotopic (exact) mass is 384 g/mol. The van der Waals surface area contributed by atoms with E-state index in [-0.39, 0.29) is 17.9 Å². The molecule has 1 aromatic carbocycles. The number of carbonyl (C=O) groups is 2. The molecule has 0 unspecified atom stereocenters. The number of rotatable bonds is 3. The predicted octanol–water partition coefficient (Wildman–Crippen LogP) is 3.71. The molecule has 1 fully saturated rings. The molecule has 1 saturated heterocycles. The second kappa shape index (κ2) is 8.04. The van der Waals surface area contributed by atoms with Gasteiger partial charge in [-0.15, -0.1) is 0 Å². The first-order valence-electron chi connectivity index (χ1n) is 9.58. The molecule has 3 rings (SSSR count). The summed E-state index contributed by atoms with van der Waals surface area (Å²) in [6, 6.07) is 5.93. The van der Waals surface area contributed by atoms with Gasteiger partial charge in [-0.3, -0.25) is 4.79 Å². The van der Waals surface area contributed by atoms with Crippen LogP contribution in [-0.4, -0.2) is 53.9 Å². The van der Waals surface area contributed by atoms with Gasteiger partial charge in [0.1, 0.15) is 5.76 Å². The third-order valence-electron chi connectivity index (χ3n) is 5.03. The van der Waals surface area contributed by atoms with Crippen LogP contribution in [0.15, 0.2) is 22.6 Å². The van der Waals surface area contributed by atoms with Crippen molar-refractivity contribution in [1.82, 2.24) is 14.8 Å². The number of likely N-dealkylation sites (tertiary alicyclic amines) is 1. The molecular formula is C21H28N4O3. The van der Waals surface area contributed by atoms with Gasteiger partial charge in [0.15, 0.2) is 11.6 Å². The van der Waals surface area contributed by atoms with Gasteiger partial charge in [0.05, 0.1) is 0 Å². The number of amides is 3. The molecule has 0 bridgehead atoms. The fraction of sp³-hybridized carbons (Fsp3) is 0.476. The minimum atomic E-state index is -0.155. The van der Waals surface area contributed by atoms with Crippen LogP contribution in [-0.2, 0) is 0 Å². The summed E-state index contributed by atoms with van der Waals surface area (Å²) in [5, 5.41) is 2.99. The maximum atomic E-state index is 12.6. The van der Waals surface area contributed by atoms with Gasteiger partial charge in [-0.25, -0.2) is 9.78 Å². The molecular weight excluding hydrogens is 356 g/mol. The first kappa shape index (κ1) is 19.9. The van der Waals surface area contributed by atoms with Crippen molar-refractivity contribution in [2.24, 2.45) is 0 Å². The zero-order valence-corrected chi connectivity index (χ0v) is 17.2. The number of aromatic nitrogens is 1. The van der Waals surface area contributed by atoms with Gasteiger partial charge >= 0.3 is 6.03 Å². The summed E-state index contributed by atoms with van der Waals surface area (Å²) in [6.45, 7) is 7.04. The van der Waals surface area contributed by atoms with E-state index in [9.17, 15) is 9.59 Å². The maximum absolute atomic E-state index is 12.6. The van der Waals surface area contributed by atoms with E-state index < -0.39 is 0 Å². The number of benzene rings is 1. The Balaban J connectivity index is 1.60. The molecule has 3 amide bonds. The van der Waals surface area contributed by atoms with Crippen LogP contribution in [0, 0.1) is 20.8 Å². The minimum absolute atomic E-state index is 0.0875. The van der Waals surface area contributed by atoms with Crippen molar-refractivity contribution in [2.45, 2.75) is 39.5 Å². The summed E-state index contributed by atoms with van der Waals surface area (Å²) in [5.74, 6) is 1.10. The highest BCUT2D eigenvalue weighted by Gasteiger charge is 2.29. The minimum Gasteiger partial charge on any atom is -0.445 e. The lowest BCUT2D eigenvalue weighted by Gasteiger charge is -2.30. The molecule has 1 aromatic heterocycles. The number of nitrogens with zero attached hydrogens (tertiary/aromatic N) is 3. The summed E-state index contributed by atoms with van der Waals surface area (Å²) >= 11 is 0. The summed E-state index contributed by atoms with van der Waals surface area (Å²) < 4.78 is 5.77. The van der Waals surface area contributed by atoms with Gasteiger partial charge in [-0.2, -0.15) is 0 Å². The fourth-order valence-corrected chi connectivity index (χ4v) is 3.58. The van der Waals surface area contributed by atoms with Crippen LogP contribution in [0.25, 0.3) is 0 Å². The van der Waals surface area contributed by atoms with Crippen LogP contribution < -0.4 is 5.32 Å². The summed E-state index contributed by atoms with van der Waals surface area (Å²) in [5.41, 5.74) is 3.43. The molecule has 0 saturated carbocycles. The van der Waals surface area contributed by atoms with E-state index >= 15 is 0 Å². The molecule has 0 aliphatic carbocycles. The summed E-state index contributed by atoms with van der Waals surface area (Å²) in [4.78, 5) is 32.5. The van der Waals surface area contributed by atoms with Gasteiger partial charge in [0.25, 0.3) is 5.91 Å². The van der Waals surface area contributed by atoms with Crippen LogP contribution in [0.5, 0.6) is 0 Å². The normalized spacial score (nSPS) is 14.8. The Labute approximate surface area is 165 Å². The van der Waals surface area contributed by atoms with Crippen LogP contribution in [0.2, 0.25) is 0 Å². The van der Waals surface area contributed by atoms with E-state index in [1.54, 1.807) is 21.0 Å². The Morgan fingerprint density at radius 2 is 1.71 bits per heavy atom. The smallest absolute Gasteiger partial charge is 0.321 e. The fourth-order valence-electron chi connectivity index (χ4n) is 3.58. The van der Waals surface area contributed by atoms with Gasteiger partial charge in [-0.1, -0.05) is 6.07 Å². The lowest BCUT2D eigenvalue weighted by molar-refractivity contribution is 0.0821. The van der Waals surface area contributed by atoms with E-state index in [4.69, 9.17) is 4.42 Å². The third kappa shape index (κ3) is 4.35. The number of urea groups is 1. The van der Waals surface area contributed by atoms with Crippen LogP contribution in [0.4, 0.5) is 10.5 Å². The van der Waals surface area contributed by atoms with Gasteiger partial charge < -0.3 is 19.5 Å². The number of nitrogens with one attached hydrogen (secondary N) is 1. The molecule has 7 heteroatoms. The van der Waals surface area contributed by atoms with Crippen molar-refractivity contribution >= 4 is 17.6 Å². The Hall–Kier alpha value is -2.83. The molecule has 28 heavy (non-hydrogen) atoms. The second-order valence-corrected chi connectivity index (χ2v) is 7.72. The average molecular weight is 384 g/mol. The highest BCUT2D eigenvalue weighted by atomic mass is 16.4. The van der Waals surface area contributed by atoms with E-state index in [1.807, 2.05) is 30.9 Å². The Bertz CT molecular complexity index is 860. The number of aryl methyl sites for hydroxylation is 3. The topological polar surface area (TPSA) is 78.7 Å². The Morgan fingerprint density at radius 3 is 2.29 bits per heavy atom. The largest absolute Gasteiger partial charge is 0.445 e. The first-order chi connectivity index (χ1) is 13.2. The molecule has 1 aliphatic rings. The van der Waals surface area contributed by atoms with Gasteiger partial charge in [0, 0.05) is 38.8 Å². The highest BCUT2D eigenvalue weighted by molar-refractivity contribution is 5.92. The standard InChI is InChI=1S/C21H28N4O3/c1-13-10-14(2)12-17(11-13)22-21(27)25-8-6-16(7-9-25)19-23-18(15(3)28-19)20(26)24(4)5/h10-12,16H,6-9H2,1-5H3,(H,22,27). The molecule has 150 valence electrons. The van der Waals surface area contributed by atoms with Gasteiger partial charge in [-0.05, 0) is 56.9 Å². The first-order valence-corrected chi connectivity index (χ1v) is 9.58. The van der Waals surface area contributed by atoms with E-state index in [1.165, 1.54) is 4.90 Å². The third-order valence-corrected chi connectivity index (χ3v) is 5.03. The molecule has 7 nitrogen and oxygen atoms in total. The van der Waals surface area contributed by atoms with E-state index in [2.05, 4.69) is 16.4 Å². The van der Waals surface area contributed by atoms with Crippen LogP contribution >= 0.6 is 0 Å². The lowest BCUT2D eigenvalue weighted by atomic mass is 9.97. The number of hydrogen-bond acceptors (Lipinski definition) is 4. The second-order valence-electron chi connectivity index (χ2n) is 7.72. The number of anilines is 1. The predicted molar refractivity (Wildman–Crippen MR) is 108 cm³/mol. The van der Waals surface area contributed by atoms with Crippen molar-refractivity contribution in [3.63, 3.8) is 0 Å². The van der Waals surface area contributed by atoms with Crippen LogP contribution in [0.1, 0.15) is 52.0 Å². The maximum Gasteiger partial charge on any atom is 0.321 e. The van der Waals surface area contributed by atoms with Crippen molar-refractivity contribution in [3.05, 3.63) is 46.7 Å². The SMILES string of the molecule is Cc1cc(C)cc(NC(=O)N2CCC(c3nc(C(=O)N(C)C)c(C)o3)CC2)c1. The quantitative estimate of drug-likeness (QED) is 0.875. The summed E-state index contributed by atoms with van der Waals surface area (Å²) in [6.07, 6.45) is 1.52. The number of hydrogen-bond donors (Lipinski definition) is 1. The average Bonchev–Trinajstić information content (AvgIpc) is 3.01.